The number of nitrogens with two attached hydrogens (primary N) is 1. The molecule has 6 heteroatoms. The molecule has 0 radical (unpaired) electrons. The highest BCUT2D eigenvalue weighted by Gasteiger charge is 2.27. The van der Waals surface area contributed by atoms with E-state index in [4.69, 9.17) is 10.5 Å². The Kier molecular flexibility index (Phi) is 6.83. The van der Waals surface area contributed by atoms with Crippen molar-refractivity contribution in [3.8, 4) is 0 Å². The average molecular weight is 273 g/mol. The first-order chi connectivity index (χ1) is 8.58. The Hall–Kier alpha value is -1.30. The van der Waals surface area contributed by atoms with Gasteiger partial charge in [-0.25, -0.2) is 10.2 Å². The second kappa shape index (κ2) is 7.33. The molecule has 0 aromatic carbocycles. The van der Waals surface area contributed by atoms with E-state index in [-0.39, 0.29) is 5.91 Å². The van der Waals surface area contributed by atoms with Crippen LogP contribution in [0.3, 0.4) is 0 Å². The van der Waals surface area contributed by atoms with Gasteiger partial charge < -0.3 is 10.5 Å². The van der Waals surface area contributed by atoms with Crippen molar-refractivity contribution in [2.75, 3.05) is 6.54 Å². The fraction of sp³-hybridized carbons (Fsp3) is 0.846. The predicted octanol–water partition coefficient (Wildman–Crippen LogP) is 1.70. The molecule has 4 N–H and O–H groups in total. The molecule has 0 saturated carbocycles. The van der Waals surface area contributed by atoms with Gasteiger partial charge in [-0.1, -0.05) is 20.3 Å². The van der Waals surface area contributed by atoms with Gasteiger partial charge in [0.05, 0.1) is 0 Å². The molecule has 0 aliphatic heterocycles. The van der Waals surface area contributed by atoms with E-state index in [0.717, 1.165) is 12.8 Å². The Balaban J connectivity index is 4.12. The van der Waals surface area contributed by atoms with Crippen LogP contribution >= 0.6 is 0 Å². The zero-order valence-electron chi connectivity index (χ0n) is 12.6. The van der Waals surface area contributed by atoms with Gasteiger partial charge in [-0.3, -0.25) is 10.2 Å². The van der Waals surface area contributed by atoms with Gasteiger partial charge in [0.2, 0.25) is 5.91 Å². The van der Waals surface area contributed by atoms with E-state index in [1.54, 1.807) is 20.8 Å². The highest BCUT2D eigenvalue weighted by molar-refractivity contribution is 5.83. The number of carbonyl (C=O) groups excluding carboxylic acids is 2. The standard InChI is InChI=1S/C13H27N3O3/c1-12(2,3)19-11(18)16-15-10(17)13(4,5)8-6-7-9-14/h6-9,14H2,1-5H3,(H,15,17)(H,16,18). The lowest BCUT2D eigenvalue weighted by atomic mass is 9.86. The number of rotatable bonds is 5. The summed E-state index contributed by atoms with van der Waals surface area (Å²) in [6, 6.07) is 0. The maximum atomic E-state index is 11.9. The molecule has 0 bridgehead atoms. The highest BCUT2D eigenvalue weighted by atomic mass is 16.6. The van der Waals surface area contributed by atoms with E-state index in [2.05, 4.69) is 10.9 Å². The molecule has 0 aliphatic rings. The summed E-state index contributed by atoms with van der Waals surface area (Å²) in [5.41, 5.74) is 8.90. The summed E-state index contributed by atoms with van der Waals surface area (Å²) in [5.74, 6) is -0.240. The molecule has 0 aromatic rings. The minimum atomic E-state index is -0.668. The molecule has 0 fully saturated rings. The average Bonchev–Trinajstić information content (AvgIpc) is 2.23. The van der Waals surface area contributed by atoms with Crippen molar-refractivity contribution in [1.29, 1.82) is 0 Å². The Bertz CT molecular complexity index is 309. The van der Waals surface area contributed by atoms with E-state index in [0.29, 0.717) is 13.0 Å². The van der Waals surface area contributed by atoms with Crippen molar-refractivity contribution in [2.24, 2.45) is 11.1 Å². The van der Waals surface area contributed by atoms with Crippen molar-refractivity contribution < 1.29 is 14.3 Å². The van der Waals surface area contributed by atoms with Crippen molar-refractivity contribution in [3.63, 3.8) is 0 Å². The van der Waals surface area contributed by atoms with Gasteiger partial charge in [0.15, 0.2) is 0 Å². The van der Waals surface area contributed by atoms with Crippen molar-refractivity contribution >= 4 is 12.0 Å². The smallest absolute Gasteiger partial charge is 0.426 e. The van der Waals surface area contributed by atoms with Crippen molar-refractivity contribution in [2.45, 2.75) is 59.5 Å². The molecule has 19 heavy (non-hydrogen) atoms. The van der Waals surface area contributed by atoms with E-state index >= 15 is 0 Å². The number of nitrogens with one attached hydrogen (secondary N) is 2. The molecule has 0 saturated heterocycles. The van der Waals surface area contributed by atoms with Crippen LogP contribution < -0.4 is 16.6 Å². The molecule has 6 nitrogen and oxygen atoms in total. The van der Waals surface area contributed by atoms with Crippen LogP contribution in [-0.4, -0.2) is 24.1 Å². The lowest BCUT2D eigenvalue weighted by molar-refractivity contribution is -0.130. The quantitative estimate of drug-likeness (QED) is 0.525. The monoisotopic (exact) mass is 273 g/mol. The van der Waals surface area contributed by atoms with Gasteiger partial charge in [0.1, 0.15) is 5.60 Å². The van der Waals surface area contributed by atoms with E-state index in [1.165, 1.54) is 0 Å². The van der Waals surface area contributed by atoms with Gasteiger partial charge in [-0.15, -0.1) is 0 Å². The second-order valence-electron chi connectivity index (χ2n) is 6.21. The number of unbranched alkanes of at least 4 members (excludes halogenated alkanes) is 1. The molecule has 0 aliphatic carbocycles. The molecule has 0 unspecified atom stereocenters. The fourth-order valence-corrected chi connectivity index (χ4v) is 1.41. The Labute approximate surface area is 115 Å². The SMILES string of the molecule is CC(C)(C)OC(=O)NNC(=O)C(C)(C)CCCCN. The van der Waals surface area contributed by atoms with E-state index in [1.807, 2.05) is 13.8 Å². The predicted molar refractivity (Wildman–Crippen MR) is 74.2 cm³/mol. The van der Waals surface area contributed by atoms with Crippen LogP contribution in [0, 0.1) is 5.41 Å². The maximum absolute atomic E-state index is 11.9. The molecule has 112 valence electrons. The lowest BCUT2D eigenvalue weighted by Gasteiger charge is -2.24. The van der Waals surface area contributed by atoms with E-state index < -0.39 is 17.1 Å². The number of hydrogen-bond acceptors (Lipinski definition) is 4. The van der Waals surface area contributed by atoms with Crippen LogP contribution in [0.1, 0.15) is 53.9 Å². The highest BCUT2D eigenvalue weighted by Crippen LogP contribution is 2.22. The van der Waals surface area contributed by atoms with Gasteiger partial charge in [0, 0.05) is 5.41 Å². The van der Waals surface area contributed by atoms with Gasteiger partial charge in [0.25, 0.3) is 0 Å². The second-order valence-corrected chi connectivity index (χ2v) is 6.21. The summed E-state index contributed by atoms with van der Waals surface area (Å²) in [6.45, 7) is 9.54. The summed E-state index contributed by atoms with van der Waals surface area (Å²) in [5, 5.41) is 0. The molecular weight excluding hydrogens is 246 g/mol. The summed E-state index contributed by atoms with van der Waals surface area (Å²) >= 11 is 0. The summed E-state index contributed by atoms with van der Waals surface area (Å²) < 4.78 is 5.02. The van der Waals surface area contributed by atoms with Crippen molar-refractivity contribution in [1.82, 2.24) is 10.9 Å². The first-order valence-electron chi connectivity index (χ1n) is 6.58. The van der Waals surface area contributed by atoms with Crippen LogP contribution in [0.15, 0.2) is 0 Å². The third-order valence-electron chi connectivity index (χ3n) is 2.55. The Morgan fingerprint density at radius 3 is 2.11 bits per heavy atom. The molecule has 0 heterocycles. The zero-order chi connectivity index (χ0) is 15.1. The number of hydrazine groups is 1. The normalized spacial score (nSPS) is 11.9. The van der Waals surface area contributed by atoms with Crippen LogP contribution in [0.4, 0.5) is 4.79 Å². The topological polar surface area (TPSA) is 93.5 Å². The summed E-state index contributed by atoms with van der Waals surface area (Å²) in [7, 11) is 0. The number of ether oxygens (including phenoxy) is 1. The minimum absolute atomic E-state index is 0.240. The third-order valence-corrected chi connectivity index (χ3v) is 2.55. The van der Waals surface area contributed by atoms with Crippen molar-refractivity contribution in [3.05, 3.63) is 0 Å². The molecule has 0 spiro atoms. The molecule has 0 atom stereocenters. The molecule has 2 amide bonds. The minimum Gasteiger partial charge on any atom is -0.443 e. The zero-order valence-corrected chi connectivity index (χ0v) is 12.6. The first-order valence-corrected chi connectivity index (χ1v) is 6.58. The van der Waals surface area contributed by atoms with Crippen LogP contribution in [-0.2, 0) is 9.53 Å². The number of amides is 2. The first kappa shape index (κ1) is 17.7. The Morgan fingerprint density at radius 2 is 1.63 bits per heavy atom. The van der Waals surface area contributed by atoms with Gasteiger partial charge in [-0.2, -0.15) is 0 Å². The summed E-state index contributed by atoms with van der Waals surface area (Å²) in [6.07, 6.45) is 1.81. The fourth-order valence-electron chi connectivity index (χ4n) is 1.41. The van der Waals surface area contributed by atoms with Crippen LogP contribution in [0.25, 0.3) is 0 Å². The van der Waals surface area contributed by atoms with Gasteiger partial charge >= 0.3 is 6.09 Å². The Morgan fingerprint density at radius 1 is 1.05 bits per heavy atom. The molecule has 0 rings (SSSR count). The van der Waals surface area contributed by atoms with Crippen LogP contribution in [0.5, 0.6) is 0 Å². The molecular formula is C13H27N3O3. The maximum Gasteiger partial charge on any atom is 0.426 e. The van der Waals surface area contributed by atoms with E-state index in [9.17, 15) is 9.59 Å². The summed E-state index contributed by atoms with van der Waals surface area (Å²) in [4.78, 5) is 23.3. The number of hydrogen-bond donors (Lipinski definition) is 3. The number of carbonyl (C=O) groups is 2. The van der Waals surface area contributed by atoms with Crippen LogP contribution in [0.2, 0.25) is 0 Å². The van der Waals surface area contributed by atoms with Gasteiger partial charge in [-0.05, 0) is 40.2 Å². The molecule has 0 aromatic heterocycles. The third kappa shape index (κ3) is 8.42. The largest absolute Gasteiger partial charge is 0.443 e. The lowest BCUT2D eigenvalue weighted by Crippen LogP contribution is -2.49.